The van der Waals surface area contributed by atoms with E-state index in [4.69, 9.17) is 10.2 Å². The van der Waals surface area contributed by atoms with Crippen LogP contribution in [-0.4, -0.2) is 43.4 Å². The Hall–Kier alpha value is -1.52. The van der Waals surface area contributed by atoms with Gasteiger partial charge >= 0.3 is 5.97 Å². The van der Waals surface area contributed by atoms with E-state index in [1.807, 2.05) is 0 Å². The van der Waals surface area contributed by atoms with E-state index in [-0.39, 0.29) is 29.5 Å². The molecule has 1 fully saturated rings. The molecule has 0 unspecified atom stereocenters. The highest BCUT2D eigenvalue weighted by Crippen LogP contribution is 2.29. The predicted molar refractivity (Wildman–Crippen MR) is 77.1 cm³/mol. The van der Waals surface area contributed by atoms with Crippen molar-refractivity contribution in [3.8, 4) is 0 Å². The highest BCUT2D eigenvalue weighted by Gasteiger charge is 2.33. The molecule has 0 saturated carbocycles. The lowest BCUT2D eigenvalue weighted by atomic mass is 10.1. The zero-order valence-electron chi connectivity index (χ0n) is 11.1. The first-order valence-corrected chi connectivity index (χ1v) is 8.49. The lowest BCUT2D eigenvalue weighted by Crippen LogP contribution is -2.30. The number of benzene rings is 1. The van der Waals surface area contributed by atoms with Crippen molar-refractivity contribution in [3.63, 3.8) is 0 Å². The second-order valence-corrected chi connectivity index (χ2v) is 7.21. The minimum absolute atomic E-state index is 0.0121. The number of nitrogens with zero attached hydrogens (tertiary/aromatic N) is 1. The average Bonchev–Trinajstić information content (AvgIpc) is 2.88. The molecule has 3 N–H and O–H groups in total. The molecule has 1 amide bonds. The van der Waals surface area contributed by atoms with Gasteiger partial charge in [-0.05, 0) is 34.5 Å². The number of rotatable bonds is 3. The molecule has 1 atom stereocenters. The molecule has 10 heteroatoms. The van der Waals surface area contributed by atoms with Crippen molar-refractivity contribution >= 4 is 37.8 Å². The topological polar surface area (TPSA) is 118 Å². The van der Waals surface area contributed by atoms with Crippen LogP contribution < -0.4 is 5.14 Å². The van der Waals surface area contributed by atoms with Crippen LogP contribution in [0.5, 0.6) is 0 Å². The number of hydrogen-bond donors (Lipinski definition) is 2. The maximum absolute atomic E-state index is 13.6. The number of likely N-dealkylation sites (tertiary alicyclic amines) is 1. The standard InChI is InChI=1S/C12H12BrFN2O5S/c13-10-8(3-7(14)4-9(10)22(15,20)21)11(17)16-2-1-6(5-16)12(18)19/h3-4,6H,1-2,5H2,(H,18,19)(H2,15,20,21)/t6-/m0/s1. The molecule has 0 aromatic heterocycles. The van der Waals surface area contributed by atoms with Gasteiger partial charge in [0.2, 0.25) is 10.0 Å². The van der Waals surface area contributed by atoms with Crippen molar-refractivity contribution in [2.75, 3.05) is 13.1 Å². The van der Waals surface area contributed by atoms with E-state index in [2.05, 4.69) is 15.9 Å². The molecule has 0 aliphatic carbocycles. The van der Waals surface area contributed by atoms with Gasteiger partial charge in [-0.2, -0.15) is 0 Å². The number of nitrogens with two attached hydrogens (primary N) is 1. The number of aliphatic carboxylic acids is 1. The van der Waals surface area contributed by atoms with Crippen molar-refractivity contribution in [1.82, 2.24) is 4.90 Å². The fourth-order valence-corrected chi connectivity index (χ4v) is 3.96. The van der Waals surface area contributed by atoms with Gasteiger partial charge in [0, 0.05) is 13.1 Å². The lowest BCUT2D eigenvalue weighted by Gasteiger charge is -2.17. The second-order valence-electron chi connectivity index (χ2n) is 4.89. The Bertz CT molecular complexity index is 752. The Labute approximate surface area is 134 Å². The van der Waals surface area contributed by atoms with Crippen LogP contribution in [0.2, 0.25) is 0 Å². The van der Waals surface area contributed by atoms with E-state index in [0.717, 1.165) is 6.07 Å². The minimum atomic E-state index is -4.21. The van der Waals surface area contributed by atoms with Crippen LogP contribution in [-0.2, 0) is 14.8 Å². The number of amides is 1. The van der Waals surface area contributed by atoms with Crippen molar-refractivity contribution < 1.29 is 27.5 Å². The van der Waals surface area contributed by atoms with Crippen molar-refractivity contribution in [3.05, 3.63) is 28.0 Å². The SMILES string of the molecule is NS(=O)(=O)c1cc(F)cc(C(=O)N2CC[C@H](C(=O)O)C2)c1Br. The number of sulfonamides is 1. The fourth-order valence-electron chi connectivity index (χ4n) is 2.24. The highest BCUT2D eigenvalue weighted by atomic mass is 79.9. The van der Waals surface area contributed by atoms with Crippen LogP contribution in [0.4, 0.5) is 4.39 Å². The summed E-state index contributed by atoms with van der Waals surface area (Å²) in [6.45, 7) is 0.186. The second kappa shape index (κ2) is 5.94. The van der Waals surface area contributed by atoms with Crippen LogP contribution in [0.1, 0.15) is 16.8 Å². The molecule has 1 aliphatic heterocycles. The summed E-state index contributed by atoms with van der Waals surface area (Å²) in [6.07, 6.45) is 0.288. The maximum atomic E-state index is 13.6. The molecule has 2 rings (SSSR count). The highest BCUT2D eigenvalue weighted by molar-refractivity contribution is 9.10. The summed E-state index contributed by atoms with van der Waals surface area (Å²) < 4.78 is 36.3. The van der Waals surface area contributed by atoms with E-state index in [1.54, 1.807) is 0 Å². The largest absolute Gasteiger partial charge is 0.481 e. The summed E-state index contributed by atoms with van der Waals surface area (Å²) in [5, 5.41) is 13.9. The third kappa shape index (κ3) is 3.28. The number of primary sulfonamides is 1. The maximum Gasteiger partial charge on any atom is 0.308 e. The fraction of sp³-hybridized carbons (Fsp3) is 0.333. The third-order valence-electron chi connectivity index (χ3n) is 3.37. The van der Waals surface area contributed by atoms with Crippen molar-refractivity contribution in [2.24, 2.45) is 11.1 Å². The molecule has 7 nitrogen and oxygen atoms in total. The van der Waals surface area contributed by atoms with Gasteiger partial charge in [-0.15, -0.1) is 0 Å². The Morgan fingerprint density at radius 1 is 1.41 bits per heavy atom. The summed E-state index contributed by atoms with van der Waals surface area (Å²) in [4.78, 5) is 24.0. The van der Waals surface area contributed by atoms with Crippen LogP contribution >= 0.6 is 15.9 Å². The monoisotopic (exact) mass is 394 g/mol. The quantitative estimate of drug-likeness (QED) is 0.785. The zero-order valence-corrected chi connectivity index (χ0v) is 13.5. The smallest absolute Gasteiger partial charge is 0.308 e. The molecular formula is C12H12BrFN2O5S. The summed E-state index contributed by atoms with van der Waals surface area (Å²) in [7, 11) is -4.21. The Balaban J connectivity index is 2.39. The van der Waals surface area contributed by atoms with Gasteiger partial charge < -0.3 is 10.0 Å². The van der Waals surface area contributed by atoms with Crippen molar-refractivity contribution in [2.45, 2.75) is 11.3 Å². The van der Waals surface area contributed by atoms with E-state index in [1.165, 1.54) is 4.90 Å². The predicted octanol–water partition coefficient (Wildman–Crippen LogP) is 0.782. The van der Waals surface area contributed by atoms with E-state index >= 15 is 0 Å². The van der Waals surface area contributed by atoms with Crippen LogP contribution in [0.25, 0.3) is 0 Å². The van der Waals surface area contributed by atoms with Crippen LogP contribution in [0.3, 0.4) is 0 Å². The normalized spacial score (nSPS) is 18.5. The first-order chi connectivity index (χ1) is 10.1. The van der Waals surface area contributed by atoms with Gasteiger partial charge in [0.25, 0.3) is 5.91 Å². The van der Waals surface area contributed by atoms with Crippen molar-refractivity contribution in [1.29, 1.82) is 0 Å². The van der Waals surface area contributed by atoms with Crippen LogP contribution in [0.15, 0.2) is 21.5 Å². The summed E-state index contributed by atoms with van der Waals surface area (Å²) in [5.74, 6) is -3.28. The summed E-state index contributed by atoms with van der Waals surface area (Å²) in [6, 6.07) is 1.59. The zero-order chi connectivity index (χ0) is 16.7. The number of carbonyl (C=O) groups is 2. The van der Waals surface area contributed by atoms with E-state index < -0.39 is 38.5 Å². The molecule has 0 radical (unpaired) electrons. The first kappa shape index (κ1) is 16.8. The molecule has 0 spiro atoms. The van der Waals surface area contributed by atoms with Gasteiger partial charge in [0.15, 0.2) is 0 Å². The van der Waals surface area contributed by atoms with Gasteiger partial charge in [0.1, 0.15) is 5.82 Å². The molecule has 1 aliphatic rings. The summed E-state index contributed by atoms with van der Waals surface area (Å²) in [5.41, 5.74) is -0.213. The molecule has 1 aromatic carbocycles. The number of hydrogen-bond acceptors (Lipinski definition) is 4. The van der Waals surface area contributed by atoms with E-state index in [0.29, 0.717) is 6.07 Å². The molecule has 0 bridgehead atoms. The molecule has 22 heavy (non-hydrogen) atoms. The molecule has 1 saturated heterocycles. The van der Waals surface area contributed by atoms with Crippen LogP contribution in [0, 0.1) is 11.7 Å². The average molecular weight is 395 g/mol. The third-order valence-corrected chi connectivity index (χ3v) is 5.42. The number of carboxylic acids is 1. The molecule has 1 heterocycles. The molecule has 120 valence electrons. The van der Waals surface area contributed by atoms with Gasteiger partial charge in [-0.1, -0.05) is 0 Å². The number of carbonyl (C=O) groups excluding carboxylic acids is 1. The summed E-state index contributed by atoms with van der Waals surface area (Å²) >= 11 is 2.95. The first-order valence-electron chi connectivity index (χ1n) is 6.15. The molecule has 1 aromatic rings. The Kier molecular flexibility index (Phi) is 4.54. The minimum Gasteiger partial charge on any atom is -0.481 e. The Morgan fingerprint density at radius 2 is 2.05 bits per heavy atom. The van der Waals surface area contributed by atoms with Gasteiger partial charge in [-0.25, -0.2) is 17.9 Å². The number of halogens is 2. The number of carboxylic acid groups (broad SMARTS) is 1. The van der Waals surface area contributed by atoms with Gasteiger partial charge in [-0.3, -0.25) is 9.59 Å². The van der Waals surface area contributed by atoms with E-state index in [9.17, 15) is 22.4 Å². The lowest BCUT2D eigenvalue weighted by molar-refractivity contribution is -0.141. The molecular weight excluding hydrogens is 383 g/mol. The Morgan fingerprint density at radius 3 is 2.55 bits per heavy atom. The van der Waals surface area contributed by atoms with Gasteiger partial charge in [0.05, 0.1) is 20.8 Å².